The van der Waals surface area contributed by atoms with Gasteiger partial charge in [-0.3, -0.25) is 14.9 Å². The summed E-state index contributed by atoms with van der Waals surface area (Å²) in [6.45, 7) is 0.403. The molecule has 1 aromatic rings. The Morgan fingerprint density at radius 2 is 2.20 bits per heavy atom. The first-order valence-corrected chi connectivity index (χ1v) is 6.69. The molecule has 2 N–H and O–H groups in total. The highest BCUT2D eigenvalue weighted by molar-refractivity contribution is 6.31. The van der Waals surface area contributed by atoms with E-state index >= 15 is 0 Å². The SMILES string of the molecule is O=C(O)CC1(CNc2cc(Cl)ccc2[N+](=O)[O-])CCC1. The molecule has 0 radical (unpaired) electrons. The van der Waals surface area contributed by atoms with Crippen LogP contribution in [0.5, 0.6) is 0 Å². The second kappa shape index (κ2) is 5.66. The quantitative estimate of drug-likeness (QED) is 0.621. The number of carboxylic acid groups (broad SMARTS) is 1. The Hall–Kier alpha value is -1.82. The maximum absolute atomic E-state index is 10.9. The molecule has 0 spiro atoms. The summed E-state index contributed by atoms with van der Waals surface area (Å²) in [7, 11) is 0. The van der Waals surface area contributed by atoms with Gasteiger partial charge >= 0.3 is 5.97 Å². The fraction of sp³-hybridized carbons (Fsp3) is 0.462. The lowest BCUT2D eigenvalue weighted by molar-refractivity contribution is -0.384. The van der Waals surface area contributed by atoms with Crippen molar-refractivity contribution in [3.05, 3.63) is 33.3 Å². The molecule has 6 nitrogen and oxygen atoms in total. The molecule has 20 heavy (non-hydrogen) atoms. The van der Waals surface area contributed by atoms with Crippen LogP contribution >= 0.6 is 11.6 Å². The Kier molecular flexibility index (Phi) is 4.13. The minimum atomic E-state index is -0.841. The monoisotopic (exact) mass is 298 g/mol. The summed E-state index contributed by atoms with van der Waals surface area (Å²) in [4.78, 5) is 21.4. The van der Waals surface area contributed by atoms with Gasteiger partial charge in [-0.25, -0.2) is 0 Å². The molecule has 0 atom stereocenters. The number of nitro groups is 1. The minimum absolute atomic E-state index is 0.0563. The van der Waals surface area contributed by atoms with E-state index in [1.54, 1.807) is 0 Å². The van der Waals surface area contributed by atoms with Crippen molar-refractivity contribution in [3.8, 4) is 0 Å². The van der Waals surface area contributed by atoms with Gasteiger partial charge in [0.25, 0.3) is 5.69 Å². The fourth-order valence-electron chi connectivity index (χ4n) is 2.51. The number of nitrogens with zero attached hydrogens (tertiary/aromatic N) is 1. The molecule has 108 valence electrons. The first-order chi connectivity index (χ1) is 9.42. The highest BCUT2D eigenvalue weighted by Crippen LogP contribution is 2.44. The molecule has 1 aliphatic carbocycles. The van der Waals surface area contributed by atoms with Gasteiger partial charge in [-0.1, -0.05) is 18.0 Å². The lowest BCUT2D eigenvalue weighted by atomic mass is 9.66. The largest absolute Gasteiger partial charge is 0.481 e. The average Bonchev–Trinajstić information content (AvgIpc) is 2.31. The number of nitro benzene ring substituents is 1. The second-order valence-corrected chi connectivity index (χ2v) is 5.63. The molecule has 0 unspecified atom stereocenters. The first-order valence-electron chi connectivity index (χ1n) is 6.31. The van der Waals surface area contributed by atoms with Crippen LogP contribution < -0.4 is 5.32 Å². The molecule has 0 amide bonds. The van der Waals surface area contributed by atoms with Crippen LogP contribution in [0.2, 0.25) is 5.02 Å². The van der Waals surface area contributed by atoms with E-state index in [9.17, 15) is 14.9 Å². The van der Waals surface area contributed by atoms with Crippen molar-refractivity contribution in [2.75, 3.05) is 11.9 Å². The molecule has 0 aliphatic heterocycles. The maximum Gasteiger partial charge on any atom is 0.303 e. The lowest BCUT2D eigenvalue weighted by Crippen LogP contribution is -2.38. The molecule has 0 bridgehead atoms. The van der Waals surface area contributed by atoms with E-state index in [1.807, 2.05) is 0 Å². The fourth-order valence-corrected chi connectivity index (χ4v) is 2.68. The first kappa shape index (κ1) is 14.6. The predicted octanol–water partition coefficient (Wildman–Crippen LogP) is 3.31. The van der Waals surface area contributed by atoms with Crippen LogP contribution in [0, 0.1) is 15.5 Å². The van der Waals surface area contributed by atoms with Crippen molar-refractivity contribution < 1.29 is 14.8 Å². The van der Waals surface area contributed by atoms with Gasteiger partial charge in [-0.15, -0.1) is 0 Å². The van der Waals surface area contributed by atoms with Crippen molar-refractivity contribution in [1.82, 2.24) is 0 Å². The number of halogens is 1. The molecule has 1 saturated carbocycles. The van der Waals surface area contributed by atoms with E-state index in [2.05, 4.69) is 5.32 Å². The Bertz CT molecular complexity index is 543. The van der Waals surface area contributed by atoms with Gasteiger partial charge in [-0.2, -0.15) is 0 Å². The van der Waals surface area contributed by atoms with E-state index in [1.165, 1.54) is 18.2 Å². The van der Waals surface area contributed by atoms with Crippen LogP contribution in [-0.2, 0) is 4.79 Å². The Labute approximate surface area is 120 Å². The highest BCUT2D eigenvalue weighted by atomic mass is 35.5. The van der Waals surface area contributed by atoms with Crippen molar-refractivity contribution in [3.63, 3.8) is 0 Å². The molecule has 1 aliphatic rings. The summed E-state index contributed by atoms with van der Waals surface area (Å²) in [5.74, 6) is -0.841. The van der Waals surface area contributed by atoms with Crippen molar-refractivity contribution in [1.29, 1.82) is 0 Å². The molecule has 1 fully saturated rings. The van der Waals surface area contributed by atoms with Crippen molar-refractivity contribution in [2.45, 2.75) is 25.7 Å². The summed E-state index contributed by atoms with van der Waals surface area (Å²) in [6, 6.07) is 4.30. The number of hydrogen-bond acceptors (Lipinski definition) is 4. The zero-order valence-electron chi connectivity index (χ0n) is 10.8. The van der Waals surface area contributed by atoms with Crippen LogP contribution in [0.4, 0.5) is 11.4 Å². The van der Waals surface area contributed by atoms with E-state index < -0.39 is 10.9 Å². The summed E-state index contributed by atoms with van der Waals surface area (Å²) < 4.78 is 0. The van der Waals surface area contributed by atoms with Crippen LogP contribution in [-0.4, -0.2) is 22.5 Å². The number of benzene rings is 1. The minimum Gasteiger partial charge on any atom is -0.481 e. The third-order valence-electron chi connectivity index (χ3n) is 3.75. The second-order valence-electron chi connectivity index (χ2n) is 5.20. The van der Waals surface area contributed by atoms with Gasteiger partial charge in [0, 0.05) is 17.6 Å². The number of hydrogen-bond donors (Lipinski definition) is 2. The summed E-state index contributed by atoms with van der Waals surface area (Å²) >= 11 is 5.85. The van der Waals surface area contributed by atoms with Gasteiger partial charge in [0.1, 0.15) is 5.69 Å². The smallest absolute Gasteiger partial charge is 0.303 e. The summed E-state index contributed by atoms with van der Waals surface area (Å²) in [6.07, 6.45) is 2.71. The average molecular weight is 299 g/mol. The summed E-state index contributed by atoms with van der Waals surface area (Å²) in [5.41, 5.74) is -0.0273. The highest BCUT2D eigenvalue weighted by Gasteiger charge is 2.39. The number of aliphatic carboxylic acids is 1. The number of carboxylic acids is 1. The molecular weight excluding hydrogens is 284 g/mol. The molecule has 0 heterocycles. The van der Waals surface area contributed by atoms with Gasteiger partial charge in [0.2, 0.25) is 0 Å². The van der Waals surface area contributed by atoms with Gasteiger partial charge in [0.15, 0.2) is 0 Å². The molecule has 0 aromatic heterocycles. The number of nitrogens with one attached hydrogen (secondary N) is 1. The third-order valence-corrected chi connectivity index (χ3v) is 3.98. The Morgan fingerprint density at radius 1 is 1.50 bits per heavy atom. The third kappa shape index (κ3) is 3.19. The van der Waals surface area contributed by atoms with E-state index in [-0.39, 0.29) is 17.5 Å². The van der Waals surface area contributed by atoms with Gasteiger partial charge in [-0.05, 0) is 30.4 Å². The molecule has 1 aromatic carbocycles. The lowest BCUT2D eigenvalue weighted by Gasteiger charge is -2.41. The summed E-state index contributed by atoms with van der Waals surface area (Å²) in [5, 5.41) is 23.3. The normalized spacial score (nSPS) is 16.2. The van der Waals surface area contributed by atoms with E-state index in [0.717, 1.165) is 19.3 Å². The van der Waals surface area contributed by atoms with Crippen molar-refractivity contribution >= 4 is 28.9 Å². The van der Waals surface area contributed by atoms with Crippen LogP contribution in [0.3, 0.4) is 0 Å². The van der Waals surface area contributed by atoms with Crippen LogP contribution in [0.25, 0.3) is 0 Å². The van der Waals surface area contributed by atoms with E-state index in [4.69, 9.17) is 16.7 Å². The zero-order chi connectivity index (χ0) is 14.8. The Morgan fingerprint density at radius 3 is 2.70 bits per heavy atom. The number of anilines is 1. The molecule has 2 rings (SSSR count). The maximum atomic E-state index is 10.9. The van der Waals surface area contributed by atoms with Gasteiger partial charge in [0.05, 0.1) is 11.3 Å². The molecule has 7 heteroatoms. The molecular formula is C13H15ClN2O4. The zero-order valence-corrected chi connectivity index (χ0v) is 11.5. The standard InChI is InChI=1S/C13H15ClN2O4/c14-9-2-3-11(16(19)20)10(6-9)15-8-13(4-1-5-13)7-12(17)18/h2-3,6,15H,1,4-5,7-8H2,(H,17,18). The molecule has 0 saturated heterocycles. The Balaban J connectivity index is 2.12. The van der Waals surface area contributed by atoms with Gasteiger partial charge < -0.3 is 10.4 Å². The number of carbonyl (C=O) groups is 1. The van der Waals surface area contributed by atoms with Crippen molar-refractivity contribution in [2.24, 2.45) is 5.41 Å². The topological polar surface area (TPSA) is 92.5 Å². The van der Waals surface area contributed by atoms with Crippen LogP contribution in [0.1, 0.15) is 25.7 Å². The van der Waals surface area contributed by atoms with E-state index in [0.29, 0.717) is 17.3 Å². The van der Waals surface area contributed by atoms with Crippen LogP contribution in [0.15, 0.2) is 18.2 Å². The predicted molar refractivity (Wildman–Crippen MR) is 75.1 cm³/mol. The number of rotatable bonds is 6.